The number of nitrogens with zero attached hydrogens (tertiary/aromatic N) is 4. The lowest BCUT2D eigenvalue weighted by Crippen LogP contribution is -2.38. The van der Waals surface area contributed by atoms with Gasteiger partial charge in [0.25, 0.3) is 0 Å². The van der Waals surface area contributed by atoms with Crippen molar-refractivity contribution in [2.24, 2.45) is 4.99 Å². The Kier molecular flexibility index (Phi) is 6.98. The Morgan fingerprint density at radius 3 is 2.92 bits per heavy atom. The molecule has 1 unspecified atom stereocenters. The lowest BCUT2D eigenvalue weighted by Gasteiger charge is -2.15. The van der Waals surface area contributed by atoms with Crippen LogP contribution in [0.3, 0.4) is 0 Å². The molecule has 0 spiro atoms. The van der Waals surface area contributed by atoms with Gasteiger partial charge >= 0.3 is 0 Å². The van der Waals surface area contributed by atoms with Crippen LogP contribution >= 0.6 is 35.3 Å². The Labute approximate surface area is 162 Å². The average Bonchev–Trinajstić information content (AvgIpc) is 3.25. The number of rotatable bonds is 5. The molecule has 3 heterocycles. The van der Waals surface area contributed by atoms with Crippen LogP contribution in [0.2, 0.25) is 0 Å². The fraction of sp³-hybridized carbons (Fsp3) is 0.312. The minimum Gasteiger partial charge on any atom is -0.356 e. The minimum atomic E-state index is 0. The zero-order valence-corrected chi connectivity index (χ0v) is 16.8. The number of aliphatic imine (C=N–C) groups is 1. The number of fused-ring (bicyclic) bond motifs is 1. The van der Waals surface area contributed by atoms with Crippen LogP contribution in [0.15, 0.2) is 46.2 Å². The van der Waals surface area contributed by atoms with Crippen molar-refractivity contribution in [1.82, 2.24) is 25.2 Å². The number of aromatic nitrogens is 3. The van der Waals surface area contributed by atoms with Crippen LogP contribution < -0.4 is 10.6 Å². The first kappa shape index (κ1) is 18.7. The Morgan fingerprint density at radius 1 is 1.29 bits per heavy atom. The molecule has 0 aliphatic heterocycles. The Hall–Kier alpha value is -1.68. The summed E-state index contributed by atoms with van der Waals surface area (Å²) in [5.74, 6) is 2.06. The third kappa shape index (κ3) is 4.44. The van der Waals surface area contributed by atoms with Gasteiger partial charge in [0.2, 0.25) is 0 Å². The monoisotopic (exact) mass is 456 g/mol. The number of guanidine groups is 1. The molecule has 8 heteroatoms. The van der Waals surface area contributed by atoms with Crippen molar-refractivity contribution in [3.8, 4) is 0 Å². The Bertz CT molecular complexity index is 783. The highest BCUT2D eigenvalue weighted by Gasteiger charge is 2.08. The SMILES string of the molecule is CN=C(NCc1nnc2ccccn12)NCC(C)c1ccsc1.I. The Morgan fingerprint density at radius 2 is 2.17 bits per heavy atom. The molecule has 3 aromatic rings. The molecule has 128 valence electrons. The first-order valence-electron chi connectivity index (χ1n) is 7.53. The summed E-state index contributed by atoms with van der Waals surface area (Å²) >= 11 is 1.73. The second-order valence-corrected chi connectivity index (χ2v) is 6.09. The van der Waals surface area contributed by atoms with E-state index in [2.05, 4.69) is 49.6 Å². The van der Waals surface area contributed by atoms with Crippen molar-refractivity contribution >= 4 is 46.9 Å². The maximum absolute atomic E-state index is 4.26. The molecule has 0 aliphatic rings. The normalized spacial score (nSPS) is 12.7. The molecule has 0 fully saturated rings. The average molecular weight is 456 g/mol. The van der Waals surface area contributed by atoms with E-state index in [0.717, 1.165) is 24.0 Å². The second-order valence-electron chi connectivity index (χ2n) is 5.31. The summed E-state index contributed by atoms with van der Waals surface area (Å²) in [5, 5.41) is 19.3. The van der Waals surface area contributed by atoms with Crippen LogP contribution in [0.1, 0.15) is 24.2 Å². The van der Waals surface area contributed by atoms with E-state index in [9.17, 15) is 0 Å². The molecule has 0 amide bonds. The number of hydrogen-bond acceptors (Lipinski definition) is 4. The topological polar surface area (TPSA) is 66.6 Å². The van der Waals surface area contributed by atoms with Gasteiger partial charge in [-0.15, -0.1) is 34.2 Å². The second kappa shape index (κ2) is 8.97. The maximum Gasteiger partial charge on any atom is 0.191 e. The van der Waals surface area contributed by atoms with Gasteiger partial charge in [0.1, 0.15) is 0 Å². The molecule has 0 radical (unpaired) electrons. The molecule has 3 rings (SSSR count). The maximum atomic E-state index is 4.26. The summed E-state index contributed by atoms with van der Waals surface area (Å²) in [4.78, 5) is 4.26. The summed E-state index contributed by atoms with van der Waals surface area (Å²) < 4.78 is 1.97. The van der Waals surface area contributed by atoms with E-state index >= 15 is 0 Å². The highest BCUT2D eigenvalue weighted by atomic mass is 127. The van der Waals surface area contributed by atoms with Gasteiger partial charge in [-0.3, -0.25) is 9.39 Å². The number of nitrogens with one attached hydrogen (secondary N) is 2. The molecule has 6 nitrogen and oxygen atoms in total. The van der Waals surface area contributed by atoms with Gasteiger partial charge < -0.3 is 10.6 Å². The molecular formula is C16H21IN6S. The molecule has 0 aromatic carbocycles. The van der Waals surface area contributed by atoms with Gasteiger partial charge in [0, 0.05) is 19.8 Å². The predicted octanol–water partition coefficient (Wildman–Crippen LogP) is 2.88. The molecule has 2 N–H and O–H groups in total. The molecule has 3 aromatic heterocycles. The van der Waals surface area contributed by atoms with Crippen LogP contribution in [-0.2, 0) is 6.54 Å². The summed E-state index contributed by atoms with van der Waals surface area (Å²) in [5.41, 5.74) is 2.19. The van der Waals surface area contributed by atoms with Gasteiger partial charge in [-0.25, -0.2) is 0 Å². The van der Waals surface area contributed by atoms with Crippen LogP contribution in [-0.4, -0.2) is 34.2 Å². The largest absolute Gasteiger partial charge is 0.356 e. The van der Waals surface area contributed by atoms with E-state index in [1.54, 1.807) is 18.4 Å². The molecule has 0 saturated heterocycles. The lowest BCUT2D eigenvalue weighted by molar-refractivity contribution is 0.693. The molecule has 24 heavy (non-hydrogen) atoms. The quantitative estimate of drug-likeness (QED) is 0.352. The van der Waals surface area contributed by atoms with E-state index in [-0.39, 0.29) is 24.0 Å². The zero-order chi connectivity index (χ0) is 16.1. The van der Waals surface area contributed by atoms with Crippen LogP contribution in [0.25, 0.3) is 5.65 Å². The smallest absolute Gasteiger partial charge is 0.191 e. The lowest BCUT2D eigenvalue weighted by atomic mass is 10.1. The van der Waals surface area contributed by atoms with Crippen molar-refractivity contribution in [3.05, 3.63) is 52.6 Å². The first-order chi connectivity index (χ1) is 11.3. The van der Waals surface area contributed by atoms with Crippen molar-refractivity contribution in [2.75, 3.05) is 13.6 Å². The highest BCUT2D eigenvalue weighted by molar-refractivity contribution is 14.0. The van der Waals surface area contributed by atoms with Crippen LogP contribution in [0.5, 0.6) is 0 Å². The van der Waals surface area contributed by atoms with Crippen LogP contribution in [0.4, 0.5) is 0 Å². The molecular weight excluding hydrogens is 435 g/mol. The van der Waals surface area contributed by atoms with Gasteiger partial charge in [-0.05, 0) is 40.4 Å². The zero-order valence-electron chi connectivity index (χ0n) is 13.6. The first-order valence-corrected chi connectivity index (χ1v) is 8.47. The molecule has 0 aliphatic carbocycles. The summed E-state index contributed by atoms with van der Waals surface area (Å²) in [6.07, 6.45) is 1.96. The van der Waals surface area contributed by atoms with Crippen molar-refractivity contribution in [3.63, 3.8) is 0 Å². The van der Waals surface area contributed by atoms with Gasteiger partial charge in [0.05, 0.1) is 6.54 Å². The van der Waals surface area contributed by atoms with Gasteiger partial charge in [-0.1, -0.05) is 13.0 Å². The van der Waals surface area contributed by atoms with Gasteiger partial charge in [-0.2, -0.15) is 11.3 Å². The van der Waals surface area contributed by atoms with Crippen LogP contribution in [0, 0.1) is 0 Å². The standard InChI is InChI=1S/C16H20N6S.HI/c1-12(13-6-8-23-11-13)9-18-16(17-2)19-10-15-21-20-14-5-3-4-7-22(14)15;/h3-8,11-12H,9-10H2,1-2H3,(H2,17,18,19);1H. The van der Waals surface area contributed by atoms with Crippen molar-refractivity contribution < 1.29 is 0 Å². The predicted molar refractivity (Wildman–Crippen MR) is 109 cm³/mol. The highest BCUT2D eigenvalue weighted by Crippen LogP contribution is 2.16. The number of thiophene rings is 1. The van der Waals surface area contributed by atoms with E-state index in [1.807, 2.05) is 28.8 Å². The summed E-state index contributed by atoms with van der Waals surface area (Å²) in [7, 11) is 1.77. The summed E-state index contributed by atoms with van der Waals surface area (Å²) in [6.45, 7) is 3.60. The van der Waals surface area contributed by atoms with Crippen molar-refractivity contribution in [2.45, 2.75) is 19.4 Å². The van der Waals surface area contributed by atoms with E-state index in [1.165, 1.54) is 5.56 Å². The summed E-state index contributed by atoms with van der Waals surface area (Å²) in [6, 6.07) is 8.02. The molecule has 1 atom stereocenters. The van der Waals surface area contributed by atoms with E-state index in [0.29, 0.717) is 12.5 Å². The third-order valence-electron chi connectivity index (χ3n) is 3.71. The van der Waals surface area contributed by atoms with Crippen molar-refractivity contribution in [1.29, 1.82) is 0 Å². The van der Waals surface area contributed by atoms with E-state index in [4.69, 9.17) is 0 Å². The Balaban J connectivity index is 0.00000208. The van der Waals surface area contributed by atoms with E-state index < -0.39 is 0 Å². The minimum absolute atomic E-state index is 0. The van der Waals surface area contributed by atoms with Gasteiger partial charge in [0.15, 0.2) is 17.4 Å². The number of halogens is 1. The molecule has 0 saturated carbocycles. The third-order valence-corrected chi connectivity index (χ3v) is 4.41. The fourth-order valence-corrected chi connectivity index (χ4v) is 3.10. The molecule has 0 bridgehead atoms. The number of hydrogen-bond donors (Lipinski definition) is 2. The fourth-order valence-electron chi connectivity index (χ4n) is 2.32. The number of pyridine rings is 1.